The summed E-state index contributed by atoms with van der Waals surface area (Å²) in [6.45, 7) is -0.242. The van der Waals surface area contributed by atoms with Crippen molar-refractivity contribution in [3.8, 4) is 0 Å². The number of hydrogen-bond donors (Lipinski definition) is 3. The van der Waals surface area contributed by atoms with Crippen molar-refractivity contribution in [2.45, 2.75) is 0 Å². The second kappa shape index (κ2) is 6.19. The van der Waals surface area contributed by atoms with Crippen molar-refractivity contribution >= 4 is 23.9 Å². The monoisotopic (exact) mass is 248 g/mol. The Morgan fingerprint density at radius 1 is 1.33 bits per heavy atom. The van der Waals surface area contributed by atoms with Gasteiger partial charge in [0.1, 0.15) is 0 Å². The smallest absolute Gasteiger partial charge is 0.328 e. The Balaban J connectivity index is 2.78. The molecule has 1 aromatic carbocycles. The van der Waals surface area contributed by atoms with E-state index in [4.69, 9.17) is 10.8 Å². The van der Waals surface area contributed by atoms with Crippen LogP contribution in [0, 0.1) is 0 Å². The van der Waals surface area contributed by atoms with Crippen molar-refractivity contribution in [1.29, 1.82) is 0 Å². The predicted octanol–water partition coefficient (Wildman–Crippen LogP) is -0.000500. The largest absolute Gasteiger partial charge is 0.478 e. The van der Waals surface area contributed by atoms with Gasteiger partial charge >= 0.3 is 5.97 Å². The molecule has 6 nitrogen and oxygen atoms in total. The van der Waals surface area contributed by atoms with E-state index in [0.717, 1.165) is 6.08 Å². The maximum Gasteiger partial charge on any atom is 0.328 e. The molecule has 4 N–H and O–H groups in total. The molecule has 0 aromatic heterocycles. The van der Waals surface area contributed by atoms with E-state index < -0.39 is 17.8 Å². The highest BCUT2D eigenvalue weighted by atomic mass is 16.4. The van der Waals surface area contributed by atoms with Crippen LogP contribution in [0.3, 0.4) is 0 Å². The van der Waals surface area contributed by atoms with Gasteiger partial charge in [0.15, 0.2) is 0 Å². The summed E-state index contributed by atoms with van der Waals surface area (Å²) in [6.07, 6.45) is 2.34. The van der Waals surface area contributed by atoms with Crippen LogP contribution in [0.2, 0.25) is 0 Å². The lowest BCUT2D eigenvalue weighted by atomic mass is 10.1. The number of carbonyl (C=O) groups is 3. The number of nitrogens with one attached hydrogen (secondary N) is 1. The number of carbonyl (C=O) groups excluding carboxylic acids is 2. The Kier molecular flexibility index (Phi) is 4.62. The quantitative estimate of drug-likeness (QED) is 0.637. The van der Waals surface area contributed by atoms with Crippen molar-refractivity contribution in [2.24, 2.45) is 5.73 Å². The van der Waals surface area contributed by atoms with E-state index in [1.54, 1.807) is 18.2 Å². The van der Waals surface area contributed by atoms with Crippen molar-refractivity contribution < 1.29 is 19.5 Å². The highest BCUT2D eigenvalue weighted by Crippen LogP contribution is 2.07. The molecule has 0 radical (unpaired) electrons. The molecule has 0 heterocycles. The molecule has 1 aromatic rings. The third kappa shape index (κ3) is 4.48. The fourth-order valence-corrected chi connectivity index (χ4v) is 1.22. The van der Waals surface area contributed by atoms with Gasteiger partial charge in [-0.1, -0.05) is 12.1 Å². The molecule has 0 bridgehead atoms. The van der Waals surface area contributed by atoms with Crippen LogP contribution in [0.5, 0.6) is 0 Å². The van der Waals surface area contributed by atoms with Crippen LogP contribution in [0.25, 0.3) is 6.08 Å². The van der Waals surface area contributed by atoms with Crippen LogP contribution in [-0.4, -0.2) is 29.4 Å². The number of benzene rings is 1. The maximum absolute atomic E-state index is 11.6. The number of nitrogens with two attached hydrogens (primary N) is 1. The first-order chi connectivity index (χ1) is 8.49. The van der Waals surface area contributed by atoms with E-state index in [1.807, 2.05) is 0 Å². The number of hydrogen-bond acceptors (Lipinski definition) is 3. The highest BCUT2D eigenvalue weighted by molar-refractivity contribution is 5.97. The lowest BCUT2D eigenvalue weighted by molar-refractivity contribution is -0.131. The summed E-state index contributed by atoms with van der Waals surface area (Å²) >= 11 is 0. The Labute approximate surface area is 103 Å². The van der Waals surface area contributed by atoms with E-state index in [9.17, 15) is 14.4 Å². The molecule has 6 heteroatoms. The molecule has 0 aliphatic carbocycles. The molecule has 0 aliphatic heterocycles. The minimum Gasteiger partial charge on any atom is -0.478 e. The van der Waals surface area contributed by atoms with E-state index in [-0.39, 0.29) is 6.54 Å². The van der Waals surface area contributed by atoms with Crippen LogP contribution < -0.4 is 11.1 Å². The van der Waals surface area contributed by atoms with E-state index >= 15 is 0 Å². The van der Waals surface area contributed by atoms with Crippen LogP contribution in [-0.2, 0) is 9.59 Å². The third-order valence-corrected chi connectivity index (χ3v) is 1.99. The first-order valence-corrected chi connectivity index (χ1v) is 5.06. The summed E-state index contributed by atoms with van der Waals surface area (Å²) in [6, 6.07) is 6.33. The SMILES string of the molecule is NC(=O)CNC(=O)c1cccc(C=CC(=O)O)c1. The van der Waals surface area contributed by atoms with Gasteiger partial charge in [0, 0.05) is 11.6 Å². The highest BCUT2D eigenvalue weighted by Gasteiger charge is 2.06. The summed E-state index contributed by atoms with van der Waals surface area (Å²) in [7, 11) is 0. The molecule has 94 valence electrons. The maximum atomic E-state index is 11.6. The van der Waals surface area contributed by atoms with Crippen LogP contribution in [0.4, 0.5) is 0 Å². The molecule has 0 saturated carbocycles. The zero-order valence-corrected chi connectivity index (χ0v) is 9.42. The number of carboxylic acid groups (broad SMARTS) is 1. The van der Waals surface area contributed by atoms with Gasteiger partial charge in [0.25, 0.3) is 5.91 Å². The van der Waals surface area contributed by atoms with Gasteiger partial charge in [-0.2, -0.15) is 0 Å². The van der Waals surface area contributed by atoms with E-state index in [1.165, 1.54) is 12.1 Å². The Hall–Kier alpha value is -2.63. The average molecular weight is 248 g/mol. The van der Waals surface area contributed by atoms with Crippen molar-refractivity contribution in [2.75, 3.05) is 6.54 Å². The van der Waals surface area contributed by atoms with Crippen LogP contribution in [0.1, 0.15) is 15.9 Å². The Bertz CT molecular complexity index is 509. The molecule has 0 atom stereocenters. The van der Waals surface area contributed by atoms with Crippen LogP contribution in [0.15, 0.2) is 30.3 Å². The van der Waals surface area contributed by atoms with Crippen LogP contribution >= 0.6 is 0 Å². The first kappa shape index (κ1) is 13.4. The summed E-state index contributed by atoms with van der Waals surface area (Å²) in [5.74, 6) is -2.15. The van der Waals surface area contributed by atoms with Gasteiger partial charge in [-0.05, 0) is 23.8 Å². The number of primary amides is 1. The van der Waals surface area contributed by atoms with Gasteiger partial charge in [-0.3, -0.25) is 9.59 Å². The fourth-order valence-electron chi connectivity index (χ4n) is 1.22. The summed E-state index contributed by atoms with van der Waals surface area (Å²) < 4.78 is 0. The van der Waals surface area contributed by atoms with Crippen molar-refractivity contribution in [1.82, 2.24) is 5.32 Å². The second-order valence-corrected chi connectivity index (χ2v) is 3.45. The molecule has 0 saturated heterocycles. The number of carboxylic acids is 1. The summed E-state index contributed by atoms with van der Waals surface area (Å²) in [5.41, 5.74) is 5.80. The molecule has 0 spiro atoms. The Morgan fingerprint density at radius 3 is 2.67 bits per heavy atom. The minimum atomic E-state index is -1.07. The molecule has 18 heavy (non-hydrogen) atoms. The molecule has 0 fully saturated rings. The molecule has 0 aliphatic rings. The second-order valence-electron chi connectivity index (χ2n) is 3.45. The van der Waals surface area contributed by atoms with E-state index in [2.05, 4.69) is 5.32 Å². The average Bonchev–Trinajstić information content (AvgIpc) is 2.33. The van der Waals surface area contributed by atoms with Gasteiger partial charge in [-0.25, -0.2) is 4.79 Å². The standard InChI is InChI=1S/C12H12N2O4/c13-10(15)7-14-12(18)9-3-1-2-8(6-9)4-5-11(16)17/h1-6H,7H2,(H2,13,15)(H,14,18)(H,16,17). The summed E-state index contributed by atoms with van der Waals surface area (Å²) in [4.78, 5) is 32.4. The van der Waals surface area contributed by atoms with Gasteiger partial charge < -0.3 is 16.2 Å². The number of rotatable bonds is 5. The topological polar surface area (TPSA) is 109 Å². The zero-order chi connectivity index (χ0) is 13.5. The van der Waals surface area contributed by atoms with Gasteiger partial charge in [0.05, 0.1) is 6.54 Å². The van der Waals surface area contributed by atoms with Gasteiger partial charge in [0.2, 0.25) is 5.91 Å². The first-order valence-electron chi connectivity index (χ1n) is 5.06. The van der Waals surface area contributed by atoms with Crippen molar-refractivity contribution in [3.05, 3.63) is 41.5 Å². The molecule has 1 rings (SSSR count). The molecular weight excluding hydrogens is 236 g/mol. The van der Waals surface area contributed by atoms with Crippen molar-refractivity contribution in [3.63, 3.8) is 0 Å². The van der Waals surface area contributed by atoms with Gasteiger partial charge in [-0.15, -0.1) is 0 Å². The molecule has 0 unspecified atom stereocenters. The number of aliphatic carboxylic acids is 1. The zero-order valence-electron chi connectivity index (χ0n) is 9.42. The fraction of sp³-hybridized carbons (Fsp3) is 0.0833. The lowest BCUT2D eigenvalue weighted by Gasteiger charge is -2.03. The summed E-state index contributed by atoms with van der Waals surface area (Å²) in [5, 5.41) is 10.8. The van der Waals surface area contributed by atoms with E-state index in [0.29, 0.717) is 11.1 Å². The minimum absolute atomic E-state index is 0.242. The molecular formula is C12H12N2O4. The number of amides is 2. The normalized spacial score (nSPS) is 10.2. The lowest BCUT2D eigenvalue weighted by Crippen LogP contribution is -2.33. The predicted molar refractivity (Wildman–Crippen MR) is 64.6 cm³/mol. The molecule has 2 amide bonds. The third-order valence-electron chi connectivity index (χ3n) is 1.99. The Morgan fingerprint density at radius 2 is 2.06 bits per heavy atom.